The fraction of sp³-hybridized carbons (Fsp3) is 0.231. The van der Waals surface area contributed by atoms with Gasteiger partial charge in [-0.2, -0.15) is 0 Å². The van der Waals surface area contributed by atoms with Gasteiger partial charge in [-0.15, -0.1) is 0 Å². The predicted octanol–water partition coefficient (Wildman–Crippen LogP) is 1.70. The van der Waals surface area contributed by atoms with E-state index in [0.29, 0.717) is 11.0 Å². The van der Waals surface area contributed by atoms with Gasteiger partial charge in [0.1, 0.15) is 41.9 Å². The maximum Gasteiger partial charge on any atom is 0.164 e. The van der Waals surface area contributed by atoms with Crippen LogP contribution in [0.3, 0.4) is 0 Å². The maximum absolute atomic E-state index is 10.5. The summed E-state index contributed by atoms with van der Waals surface area (Å²) >= 11 is 0. The van der Waals surface area contributed by atoms with E-state index < -0.39 is 31.1 Å². The molecule has 0 unspecified atom stereocenters. The molecule has 1 fully saturated rings. The molecule has 9 heteroatoms. The van der Waals surface area contributed by atoms with Gasteiger partial charge in [0.25, 0.3) is 0 Å². The van der Waals surface area contributed by atoms with Crippen molar-refractivity contribution in [1.82, 2.24) is 14.5 Å². The van der Waals surface area contributed by atoms with Crippen LogP contribution in [0, 0.1) is 11.8 Å². The zero-order chi connectivity index (χ0) is 24.5. The summed E-state index contributed by atoms with van der Waals surface area (Å²) in [5.74, 6) is 7.33. The Labute approximate surface area is 201 Å². The van der Waals surface area contributed by atoms with Crippen molar-refractivity contribution in [3.05, 3.63) is 72.2 Å². The summed E-state index contributed by atoms with van der Waals surface area (Å²) in [4.78, 5) is 8.46. The summed E-state index contributed by atoms with van der Waals surface area (Å²) in [6.45, 7) is -0.420. The van der Waals surface area contributed by atoms with Crippen LogP contribution in [0.25, 0.3) is 22.2 Å². The third-order valence-electron chi connectivity index (χ3n) is 6.07. The highest BCUT2D eigenvalue weighted by atomic mass is 16.6. The van der Waals surface area contributed by atoms with Crippen LogP contribution >= 0.6 is 0 Å². The molecule has 5 rings (SSSR count). The largest absolute Gasteiger partial charge is 0.497 e. The third-order valence-corrected chi connectivity index (χ3v) is 6.07. The number of anilines is 1. The quantitative estimate of drug-likeness (QED) is 0.330. The molecule has 1 aliphatic heterocycles. The standard InChI is InChI=1S/C26H24N4O5/c1-34-18-10-6-16(7-11-18)3-2-15-4-8-17(9-5-15)19-12-30(25-21(19)24(27)28-14-29-25)26-23(33)22(32)20(13-31)35-26/h4-12,14,20,22-23,26,31-33H,13H2,1H3,(H2,27,28,29)/t20-,22-,23-,26-/m1/s1. The molecular weight excluding hydrogens is 448 g/mol. The highest BCUT2D eigenvalue weighted by Crippen LogP contribution is 2.38. The molecular formula is C26H24N4O5. The number of hydrogen-bond donors (Lipinski definition) is 4. The highest BCUT2D eigenvalue weighted by molar-refractivity contribution is 6.00. The van der Waals surface area contributed by atoms with Crippen molar-refractivity contribution < 1.29 is 24.8 Å². The van der Waals surface area contributed by atoms with Gasteiger partial charge in [-0.3, -0.25) is 0 Å². The van der Waals surface area contributed by atoms with E-state index in [1.165, 1.54) is 6.33 Å². The van der Waals surface area contributed by atoms with Crippen molar-refractivity contribution in [2.45, 2.75) is 24.5 Å². The van der Waals surface area contributed by atoms with Crippen LogP contribution in [0.2, 0.25) is 0 Å². The smallest absolute Gasteiger partial charge is 0.164 e. The number of hydrogen-bond acceptors (Lipinski definition) is 8. The van der Waals surface area contributed by atoms with Crippen molar-refractivity contribution in [1.29, 1.82) is 0 Å². The molecule has 0 saturated carbocycles. The lowest BCUT2D eigenvalue weighted by molar-refractivity contribution is -0.0508. The van der Waals surface area contributed by atoms with Crippen LogP contribution in [0.5, 0.6) is 5.75 Å². The minimum absolute atomic E-state index is 0.277. The Balaban J connectivity index is 1.49. The van der Waals surface area contributed by atoms with Gasteiger partial charge < -0.3 is 35.1 Å². The molecule has 2 aromatic carbocycles. The molecule has 0 bridgehead atoms. The first-order valence-corrected chi connectivity index (χ1v) is 11.0. The minimum Gasteiger partial charge on any atom is -0.497 e. The lowest BCUT2D eigenvalue weighted by atomic mass is 10.0. The van der Waals surface area contributed by atoms with Gasteiger partial charge >= 0.3 is 0 Å². The molecule has 0 amide bonds. The number of ether oxygens (including phenoxy) is 2. The van der Waals surface area contributed by atoms with Crippen LogP contribution in [-0.4, -0.2) is 61.9 Å². The Kier molecular flexibility index (Phi) is 6.11. The SMILES string of the molecule is COc1ccc(C#Cc2ccc(-c3cn([C@@H]4O[C@H](CO)[C@@H](O)[C@H]4O)c4ncnc(N)c34)cc2)cc1. The summed E-state index contributed by atoms with van der Waals surface area (Å²) in [5.41, 5.74) is 9.94. The zero-order valence-electron chi connectivity index (χ0n) is 18.9. The van der Waals surface area contributed by atoms with Gasteiger partial charge in [-0.25, -0.2) is 9.97 Å². The van der Waals surface area contributed by atoms with Gasteiger partial charge in [-0.05, 0) is 42.0 Å². The number of aliphatic hydroxyl groups excluding tert-OH is 3. The normalized spacial score (nSPS) is 21.6. The van der Waals surface area contributed by atoms with Gasteiger partial charge in [0.05, 0.1) is 19.1 Å². The topological polar surface area (TPSA) is 136 Å². The monoisotopic (exact) mass is 472 g/mol. The number of benzene rings is 2. The summed E-state index contributed by atoms with van der Waals surface area (Å²) in [6, 6.07) is 15.2. The van der Waals surface area contributed by atoms with Gasteiger partial charge in [-0.1, -0.05) is 24.0 Å². The molecule has 0 aliphatic carbocycles. The minimum atomic E-state index is -1.25. The highest BCUT2D eigenvalue weighted by Gasteiger charge is 2.44. The number of rotatable bonds is 4. The molecule has 0 radical (unpaired) electrons. The fourth-order valence-corrected chi connectivity index (χ4v) is 4.18. The number of nitrogens with zero attached hydrogens (tertiary/aromatic N) is 3. The van der Waals surface area contributed by atoms with Crippen molar-refractivity contribution in [2.75, 3.05) is 19.5 Å². The Morgan fingerprint density at radius 2 is 1.66 bits per heavy atom. The Morgan fingerprint density at radius 1 is 1.00 bits per heavy atom. The molecule has 1 saturated heterocycles. The van der Waals surface area contributed by atoms with E-state index in [4.69, 9.17) is 15.2 Å². The van der Waals surface area contributed by atoms with Gasteiger partial charge in [0, 0.05) is 22.9 Å². The van der Waals surface area contributed by atoms with Crippen LogP contribution in [-0.2, 0) is 4.74 Å². The van der Waals surface area contributed by atoms with Crippen molar-refractivity contribution in [3.8, 4) is 28.7 Å². The second-order valence-corrected chi connectivity index (χ2v) is 8.19. The summed E-state index contributed by atoms with van der Waals surface area (Å²) < 4.78 is 12.5. The lowest BCUT2D eigenvalue weighted by Gasteiger charge is -2.17. The Hall–Kier alpha value is -3.94. The van der Waals surface area contributed by atoms with E-state index in [1.54, 1.807) is 17.9 Å². The molecule has 2 aromatic heterocycles. The maximum atomic E-state index is 10.5. The van der Waals surface area contributed by atoms with E-state index in [2.05, 4.69) is 21.8 Å². The predicted molar refractivity (Wildman–Crippen MR) is 129 cm³/mol. The Bertz CT molecular complexity index is 1410. The van der Waals surface area contributed by atoms with Crippen LogP contribution < -0.4 is 10.5 Å². The third kappa shape index (κ3) is 4.20. The van der Waals surface area contributed by atoms with Crippen molar-refractivity contribution >= 4 is 16.9 Å². The van der Waals surface area contributed by atoms with Gasteiger partial charge in [0.15, 0.2) is 6.23 Å². The number of methoxy groups -OCH3 is 1. The summed E-state index contributed by atoms with van der Waals surface area (Å²) in [7, 11) is 1.62. The second kappa shape index (κ2) is 9.37. The van der Waals surface area contributed by atoms with Crippen molar-refractivity contribution in [2.24, 2.45) is 0 Å². The van der Waals surface area contributed by atoms with E-state index in [0.717, 1.165) is 28.0 Å². The number of nitrogens with two attached hydrogens (primary N) is 1. The van der Waals surface area contributed by atoms with Crippen molar-refractivity contribution in [3.63, 3.8) is 0 Å². The molecule has 178 valence electrons. The van der Waals surface area contributed by atoms with E-state index in [1.807, 2.05) is 48.5 Å². The fourth-order valence-electron chi connectivity index (χ4n) is 4.18. The molecule has 0 spiro atoms. The van der Waals surface area contributed by atoms with Crippen LogP contribution in [0.1, 0.15) is 17.4 Å². The second-order valence-electron chi connectivity index (χ2n) is 8.19. The molecule has 4 atom stereocenters. The zero-order valence-corrected chi connectivity index (χ0v) is 18.9. The first kappa shape index (κ1) is 22.8. The first-order chi connectivity index (χ1) is 17.0. The number of fused-ring (bicyclic) bond motifs is 1. The van der Waals surface area contributed by atoms with E-state index >= 15 is 0 Å². The lowest BCUT2D eigenvalue weighted by Crippen LogP contribution is -2.33. The molecule has 4 aromatic rings. The molecule has 35 heavy (non-hydrogen) atoms. The Morgan fingerprint density at radius 3 is 2.26 bits per heavy atom. The van der Waals surface area contributed by atoms with E-state index in [9.17, 15) is 15.3 Å². The molecule has 1 aliphatic rings. The summed E-state index contributed by atoms with van der Waals surface area (Å²) in [6.07, 6.45) is -1.23. The number of aromatic nitrogens is 3. The number of nitrogen functional groups attached to an aromatic ring is 1. The van der Waals surface area contributed by atoms with Crippen LogP contribution in [0.15, 0.2) is 61.1 Å². The van der Waals surface area contributed by atoms with Crippen LogP contribution in [0.4, 0.5) is 5.82 Å². The molecule has 5 N–H and O–H groups in total. The number of aliphatic hydroxyl groups is 3. The first-order valence-electron chi connectivity index (χ1n) is 11.0. The van der Waals surface area contributed by atoms with E-state index in [-0.39, 0.29) is 5.82 Å². The average Bonchev–Trinajstić information content (AvgIpc) is 3.41. The van der Waals surface area contributed by atoms with Gasteiger partial charge in [0.2, 0.25) is 0 Å². The molecule has 9 nitrogen and oxygen atoms in total. The average molecular weight is 473 g/mol. The summed E-state index contributed by atoms with van der Waals surface area (Å²) in [5, 5.41) is 30.8. The molecule has 3 heterocycles.